The quantitative estimate of drug-likeness (QED) is 0.604. The van der Waals surface area contributed by atoms with Crippen molar-refractivity contribution in [1.29, 1.82) is 0 Å². The average Bonchev–Trinajstić information content (AvgIpc) is 2.74. The van der Waals surface area contributed by atoms with Crippen LogP contribution in [-0.2, 0) is 37.1 Å². The number of rotatable bonds is 10. The number of nitrogens with one attached hydrogen (secondary N) is 1. The number of hydrogen-bond donors (Lipinski definition) is 2. The van der Waals surface area contributed by atoms with Gasteiger partial charge in [0.1, 0.15) is 19.8 Å². The van der Waals surface area contributed by atoms with E-state index >= 15 is 0 Å². The Morgan fingerprint density at radius 3 is 1.86 bits per heavy atom. The van der Waals surface area contributed by atoms with Gasteiger partial charge in [0.05, 0.1) is 6.04 Å². The van der Waals surface area contributed by atoms with Crippen LogP contribution in [0, 0.1) is 0 Å². The van der Waals surface area contributed by atoms with Crippen LogP contribution in [0.25, 0.3) is 0 Å². The first-order valence-corrected chi connectivity index (χ1v) is 8.97. The van der Waals surface area contributed by atoms with Gasteiger partial charge in [-0.3, -0.25) is 14.4 Å². The van der Waals surface area contributed by atoms with Gasteiger partial charge >= 0.3 is 11.9 Å². The molecule has 1 amide bonds. The van der Waals surface area contributed by atoms with E-state index in [2.05, 4.69) is 5.32 Å². The number of ether oxygens (including phenoxy) is 2. The lowest BCUT2D eigenvalue weighted by molar-refractivity contribution is -0.146. The minimum atomic E-state index is -0.911. The van der Waals surface area contributed by atoms with Gasteiger partial charge in [0.15, 0.2) is 0 Å². The standard InChI is InChI=1S/C21H24N2O5/c22-18(11-12-19(24)27-14-16-7-3-1-4-8-16)21(26)23-13-20(25)28-15-17-9-5-2-6-10-17/h1-10,18H,11-15,22H2,(H,23,26)/t18-/m0/s1. The zero-order valence-corrected chi connectivity index (χ0v) is 15.5. The summed E-state index contributed by atoms with van der Waals surface area (Å²) in [7, 11) is 0. The van der Waals surface area contributed by atoms with Gasteiger partial charge in [0.25, 0.3) is 0 Å². The van der Waals surface area contributed by atoms with Crippen molar-refractivity contribution >= 4 is 17.8 Å². The third kappa shape index (κ3) is 8.01. The second-order valence-electron chi connectivity index (χ2n) is 6.16. The monoisotopic (exact) mass is 384 g/mol. The summed E-state index contributed by atoms with van der Waals surface area (Å²) in [5.74, 6) is -1.52. The predicted molar refractivity (Wildman–Crippen MR) is 103 cm³/mol. The number of benzene rings is 2. The Morgan fingerprint density at radius 1 is 0.821 bits per heavy atom. The molecule has 0 radical (unpaired) electrons. The minimum absolute atomic E-state index is 0.0138. The van der Waals surface area contributed by atoms with Crippen molar-refractivity contribution in [2.45, 2.75) is 32.1 Å². The molecule has 0 aliphatic carbocycles. The summed E-state index contributed by atoms with van der Waals surface area (Å²) in [6.07, 6.45) is 0.137. The van der Waals surface area contributed by atoms with E-state index in [0.717, 1.165) is 11.1 Å². The van der Waals surface area contributed by atoms with E-state index in [1.54, 1.807) is 0 Å². The molecule has 148 valence electrons. The van der Waals surface area contributed by atoms with Crippen molar-refractivity contribution in [3.05, 3.63) is 71.8 Å². The van der Waals surface area contributed by atoms with Crippen molar-refractivity contribution < 1.29 is 23.9 Å². The van der Waals surface area contributed by atoms with Gasteiger partial charge in [-0.1, -0.05) is 60.7 Å². The zero-order valence-electron chi connectivity index (χ0n) is 15.5. The van der Waals surface area contributed by atoms with Crippen LogP contribution in [0.15, 0.2) is 60.7 Å². The maximum absolute atomic E-state index is 11.9. The normalized spacial score (nSPS) is 11.3. The molecule has 2 aromatic carbocycles. The molecule has 7 nitrogen and oxygen atoms in total. The Balaban J connectivity index is 1.59. The highest BCUT2D eigenvalue weighted by Crippen LogP contribution is 2.04. The molecule has 7 heteroatoms. The van der Waals surface area contributed by atoms with Crippen LogP contribution >= 0.6 is 0 Å². The molecule has 0 fully saturated rings. The van der Waals surface area contributed by atoms with Gasteiger partial charge in [-0.25, -0.2) is 0 Å². The first-order chi connectivity index (χ1) is 13.5. The van der Waals surface area contributed by atoms with Gasteiger partial charge in [0.2, 0.25) is 5.91 Å². The van der Waals surface area contributed by atoms with E-state index < -0.39 is 23.9 Å². The highest BCUT2D eigenvalue weighted by molar-refractivity contribution is 5.85. The smallest absolute Gasteiger partial charge is 0.325 e. The molecule has 0 spiro atoms. The number of carbonyl (C=O) groups is 3. The van der Waals surface area contributed by atoms with E-state index in [0.29, 0.717) is 0 Å². The van der Waals surface area contributed by atoms with Crippen LogP contribution in [0.1, 0.15) is 24.0 Å². The fourth-order valence-electron chi connectivity index (χ4n) is 2.29. The van der Waals surface area contributed by atoms with E-state index in [9.17, 15) is 14.4 Å². The van der Waals surface area contributed by atoms with Gasteiger partial charge in [0, 0.05) is 6.42 Å². The molecule has 0 saturated carbocycles. The second-order valence-corrected chi connectivity index (χ2v) is 6.16. The predicted octanol–water partition coefficient (Wildman–Crippen LogP) is 1.70. The summed E-state index contributed by atoms with van der Waals surface area (Å²) in [6.45, 7) is 0.0288. The number of carbonyl (C=O) groups excluding carboxylic acids is 3. The highest BCUT2D eigenvalue weighted by atomic mass is 16.5. The molecule has 0 saturated heterocycles. The third-order valence-electron chi connectivity index (χ3n) is 3.89. The summed E-state index contributed by atoms with van der Waals surface area (Å²) in [5.41, 5.74) is 7.49. The Kier molecular flexibility index (Phi) is 8.68. The highest BCUT2D eigenvalue weighted by Gasteiger charge is 2.17. The van der Waals surface area contributed by atoms with Gasteiger partial charge in [-0.2, -0.15) is 0 Å². The number of nitrogens with two attached hydrogens (primary N) is 1. The van der Waals surface area contributed by atoms with Crippen molar-refractivity contribution in [3.8, 4) is 0 Å². The van der Waals surface area contributed by atoms with Crippen LogP contribution in [0.5, 0.6) is 0 Å². The minimum Gasteiger partial charge on any atom is -0.461 e. The van der Waals surface area contributed by atoms with Crippen LogP contribution in [0.4, 0.5) is 0 Å². The van der Waals surface area contributed by atoms with Gasteiger partial charge in [-0.05, 0) is 17.5 Å². The molecule has 2 aromatic rings. The Morgan fingerprint density at radius 2 is 1.32 bits per heavy atom. The largest absolute Gasteiger partial charge is 0.461 e. The van der Waals surface area contributed by atoms with Crippen molar-refractivity contribution in [3.63, 3.8) is 0 Å². The lowest BCUT2D eigenvalue weighted by Gasteiger charge is -2.12. The molecular weight excluding hydrogens is 360 g/mol. The summed E-state index contributed by atoms with van der Waals surface area (Å²) in [6, 6.07) is 17.6. The first-order valence-electron chi connectivity index (χ1n) is 8.97. The van der Waals surface area contributed by atoms with Crippen molar-refractivity contribution in [2.75, 3.05) is 6.54 Å². The topological polar surface area (TPSA) is 108 Å². The van der Waals surface area contributed by atoms with E-state index in [1.807, 2.05) is 60.7 Å². The third-order valence-corrected chi connectivity index (χ3v) is 3.89. The van der Waals surface area contributed by atoms with Gasteiger partial charge in [-0.15, -0.1) is 0 Å². The number of esters is 2. The van der Waals surface area contributed by atoms with Gasteiger partial charge < -0.3 is 20.5 Å². The fraction of sp³-hybridized carbons (Fsp3) is 0.286. The molecule has 0 aromatic heterocycles. The summed E-state index contributed by atoms with van der Waals surface area (Å²) in [5, 5.41) is 2.41. The molecule has 0 bridgehead atoms. The lowest BCUT2D eigenvalue weighted by atomic mass is 10.1. The average molecular weight is 384 g/mol. The molecule has 3 N–H and O–H groups in total. The van der Waals surface area contributed by atoms with E-state index in [-0.39, 0.29) is 32.6 Å². The summed E-state index contributed by atoms with van der Waals surface area (Å²) in [4.78, 5) is 35.3. The van der Waals surface area contributed by atoms with E-state index in [1.165, 1.54) is 0 Å². The molecule has 0 heterocycles. The summed E-state index contributed by atoms with van der Waals surface area (Å²) < 4.78 is 10.2. The molecule has 2 rings (SSSR count). The van der Waals surface area contributed by atoms with Crippen molar-refractivity contribution in [2.24, 2.45) is 5.73 Å². The number of hydrogen-bond acceptors (Lipinski definition) is 6. The maximum Gasteiger partial charge on any atom is 0.325 e. The SMILES string of the molecule is N[C@@H](CCC(=O)OCc1ccccc1)C(=O)NCC(=O)OCc1ccccc1. The Hall–Kier alpha value is -3.19. The molecule has 0 unspecified atom stereocenters. The van der Waals surface area contributed by atoms with Crippen molar-refractivity contribution in [1.82, 2.24) is 5.32 Å². The maximum atomic E-state index is 11.9. The van der Waals surface area contributed by atoms with Crippen LogP contribution in [0.3, 0.4) is 0 Å². The molecule has 0 aliphatic rings. The zero-order chi connectivity index (χ0) is 20.2. The molecular formula is C21H24N2O5. The fourth-order valence-corrected chi connectivity index (χ4v) is 2.29. The first kappa shape index (κ1) is 21.1. The molecule has 1 atom stereocenters. The number of amides is 1. The Bertz CT molecular complexity index is 765. The van der Waals surface area contributed by atoms with Crippen LogP contribution in [0.2, 0.25) is 0 Å². The van der Waals surface area contributed by atoms with Crippen LogP contribution < -0.4 is 11.1 Å². The van der Waals surface area contributed by atoms with Crippen LogP contribution in [-0.4, -0.2) is 30.4 Å². The Labute approximate surface area is 163 Å². The summed E-state index contributed by atoms with van der Waals surface area (Å²) >= 11 is 0. The molecule has 28 heavy (non-hydrogen) atoms. The molecule has 0 aliphatic heterocycles. The lowest BCUT2D eigenvalue weighted by Crippen LogP contribution is -2.43. The second kappa shape index (κ2) is 11.5. The van der Waals surface area contributed by atoms with E-state index in [4.69, 9.17) is 15.2 Å².